The fraction of sp³-hybridized carbons (Fsp3) is 0.346. The van der Waals surface area contributed by atoms with E-state index in [0.29, 0.717) is 33.5 Å². The Labute approximate surface area is 210 Å². The van der Waals surface area contributed by atoms with Crippen molar-refractivity contribution in [3.63, 3.8) is 0 Å². The molecule has 0 saturated carbocycles. The Morgan fingerprint density at radius 3 is 2.73 bits per heavy atom. The zero-order valence-electron chi connectivity index (χ0n) is 20.4. The summed E-state index contributed by atoms with van der Waals surface area (Å²) in [4.78, 5) is 30.7. The molecule has 0 saturated heterocycles. The van der Waals surface area contributed by atoms with Gasteiger partial charge in [0.2, 0.25) is 0 Å². The van der Waals surface area contributed by atoms with Gasteiger partial charge in [-0.3, -0.25) is 4.79 Å². The monoisotopic (exact) mass is 505 g/mol. The molecule has 0 amide bonds. The molecule has 0 spiro atoms. The Hall–Kier alpha value is -3.96. The Morgan fingerprint density at radius 1 is 1.24 bits per heavy atom. The third-order valence-electron chi connectivity index (χ3n) is 7.39. The average molecular weight is 506 g/mol. The highest BCUT2D eigenvalue weighted by Crippen LogP contribution is 2.40. The molecule has 2 atom stereocenters. The fourth-order valence-corrected chi connectivity index (χ4v) is 5.22. The van der Waals surface area contributed by atoms with E-state index in [0.717, 1.165) is 11.1 Å². The number of pyridine rings is 2. The summed E-state index contributed by atoms with van der Waals surface area (Å²) in [7, 11) is 0. The number of aliphatic hydroxyl groups excluding tert-OH is 1. The van der Waals surface area contributed by atoms with Crippen molar-refractivity contribution in [1.82, 2.24) is 24.5 Å². The molecule has 5 heterocycles. The van der Waals surface area contributed by atoms with Gasteiger partial charge in [-0.25, -0.2) is 18.9 Å². The minimum atomic E-state index is -1.94. The first kappa shape index (κ1) is 23.4. The first-order chi connectivity index (χ1) is 17.6. The van der Waals surface area contributed by atoms with Crippen molar-refractivity contribution in [3.05, 3.63) is 74.1 Å². The van der Waals surface area contributed by atoms with Crippen LogP contribution in [0, 0.1) is 12.7 Å². The van der Waals surface area contributed by atoms with Crippen molar-refractivity contribution < 1.29 is 24.1 Å². The smallest absolute Gasteiger partial charge is 0.343 e. The molecule has 1 aromatic carbocycles. The molecule has 6 rings (SSSR count). The first-order valence-electron chi connectivity index (χ1n) is 12.0. The van der Waals surface area contributed by atoms with Crippen molar-refractivity contribution in [1.29, 1.82) is 0 Å². The molecule has 190 valence electrons. The van der Waals surface area contributed by atoms with Crippen LogP contribution in [0.4, 0.5) is 4.39 Å². The first-order valence-corrected chi connectivity index (χ1v) is 12.0. The molecule has 37 heavy (non-hydrogen) atoms. The maximum absolute atomic E-state index is 14.6. The third-order valence-corrected chi connectivity index (χ3v) is 7.39. The molecule has 3 aromatic heterocycles. The SMILES string of the molecule is CC[C@@]1(O)C(=O)OCc2c1cc1n(c2=O)Cc2c-1nc1cc(F)c(C)cc1c2Cn1cc(C(C)O)nn1. The van der Waals surface area contributed by atoms with Crippen LogP contribution in [0.15, 0.2) is 29.2 Å². The molecule has 4 aromatic rings. The molecule has 2 aliphatic rings. The summed E-state index contributed by atoms with van der Waals surface area (Å²) >= 11 is 0. The zero-order valence-corrected chi connectivity index (χ0v) is 20.4. The van der Waals surface area contributed by atoms with Gasteiger partial charge >= 0.3 is 5.97 Å². The number of cyclic esters (lactones) is 1. The van der Waals surface area contributed by atoms with Gasteiger partial charge < -0.3 is 19.5 Å². The van der Waals surface area contributed by atoms with E-state index < -0.39 is 23.5 Å². The van der Waals surface area contributed by atoms with Crippen molar-refractivity contribution in [2.45, 2.75) is 58.6 Å². The number of aryl methyl sites for hydroxylation is 1. The predicted molar refractivity (Wildman–Crippen MR) is 129 cm³/mol. The molecule has 2 N–H and O–H groups in total. The van der Waals surface area contributed by atoms with E-state index in [4.69, 9.17) is 9.72 Å². The van der Waals surface area contributed by atoms with Crippen molar-refractivity contribution in [2.24, 2.45) is 0 Å². The second kappa shape index (κ2) is 8.02. The quantitative estimate of drug-likeness (QED) is 0.356. The van der Waals surface area contributed by atoms with Crippen LogP contribution >= 0.6 is 0 Å². The standard InChI is InChI=1S/C26H24FN5O5/c1-4-26(36)18-6-22-23-16(9-32(22)24(34)17(18)11-37-25(26)35)15(8-31-10-21(13(3)33)29-30-31)14-5-12(2)19(27)7-20(14)28-23/h5-7,10,13,33,36H,4,8-9,11H2,1-3H3/t13?,26-/m0/s1. The zero-order chi connectivity index (χ0) is 26.2. The summed E-state index contributed by atoms with van der Waals surface area (Å²) in [5.41, 5.74) is 1.83. The van der Waals surface area contributed by atoms with Gasteiger partial charge in [-0.1, -0.05) is 12.1 Å². The van der Waals surface area contributed by atoms with Crippen LogP contribution in [0.25, 0.3) is 22.3 Å². The number of esters is 1. The minimum absolute atomic E-state index is 0.0351. The van der Waals surface area contributed by atoms with Gasteiger partial charge in [-0.15, -0.1) is 5.10 Å². The van der Waals surface area contributed by atoms with Crippen LogP contribution in [0.1, 0.15) is 59.9 Å². The number of rotatable bonds is 4. The molecule has 2 aliphatic heterocycles. The summed E-state index contributed by atoms with van der Waals surface area (Å²) < 4.78 is 22.9. The number of aliphatic hydroxyl groups is 2. The summed E-state index contributed by atoms with van der Waals surface area (Å²) in [6, 6.07) is 4.70. The average Bonchev–Trinajstić information content (AvgIpc) is 3.48. The number of halogens is 1. The number of carbonyl (C=O) groups excluding carboxylic acids is 1. The second-order valence-corrected chi connectivity index (χ2v) is 9.66. The molecule has 11 heteroatoms. The highest BCUT2D eigenvalue weighted by atomic mass is 19.1. The van der Waals surface area contributed by atoms with Gasteiger partial charge in [0.1, 0.15) is 18.1 Å². The van der Waals surface area contributed by atoms with Crippen LogP contribution in [-0.2, 0) is 34.8 Å². The van der Waals surface area contributed by atoms with E-state index >= 15 is 0 Å². The van der Waals surface area contributed by atoms with Crippen LogP contribution in [0.2, 0.25) is 0 Å². The van der Waals surface area contributed by atoms with Crippen LogP contribution in [-0.4, -0.2) is 40.7 Å². The Bertz CT molecular complexity index is 1690. The van der Waals surface area contributed by atoms with E-state index in [1.54, 1.807) is 48.3 Å². The molecule has 10 nitrogen and oxygen atoms in total. The largest absolute Gasteiger partial charge is 0.458 e. The number of hydrogen-bond acceptors (Lipinski definition) is 8. The van der Waals surface area contributed by atoms with Gasteiger partial charge in [0.05, 0.1) is 47.9 Å². The van der Waals surface area contributed by atoms with Gasteiger partial charge in [0, 0.05) is 22.6 Å². The van der Waals surface area contributed by atoms with Crippen LogP contribution in [0.5, 0.6) is 0 Å². The predicted octanol–water partition coefficient (Wildman–Crippen LogP) is 2.22. The number of fused-ring (bicyclic) bond motifs is 5. The Morgan fingerprint density at radius 2 is 2.03 bits per heavy atom. The Balaban J connectivity index is 1.61. The molecular weight excluding hydrogens is 481 g/mol. The van der Waals surface area contributed by atoms with Crippen LogP contribution in [0.3, 0.4) is 0 Å². The molecule has 0 aliphatic carbocycles. The van der Waals surface area contributed by atoms with Gasteiger partial charge in [-0.05, 0) is 43.5 Å². The van der Waals surface area contributed by atoms with E-state index in [2.05, 4.69) is 10.3 Å². The summed E-state index contributed by atoms with van der Waals surface area (Å²) in [5.74, 6) is -1.21. The number of nitrogens with zero attached hydrogens (tertiary/aromatic N) is 5. The lowest BCUT2D eigenvalue weighted by molar-refractivity contribution is -0.172. The number of ether oxygens (including phenoxy) is 1. The van der Waals surface area contributed by atoms with Crippen molar-refractivity contribution in [2.75, 3.05) is 0 Å². The second-order valence-electron chi connectivity index (χ2n) is 9.66. The van der Waals surface area contributed by atoms with Gasteiger partial charge in [-0.2, -0.15) is 0 Å². The van der Waals surface area contributed by atoms with Crippen molar-refractivity contribution >= 4 is 16.9 Å². The molecule has 0 radical (unpaired) electrons. The summed E-state index contributed by atoms with van der Waals surface area (Å²) in [5, 5.41) is 29.8. The maximum Gasteiger partial charge on any atom is 0.343 e. The van der Waals surface area contributed by atoms with Gasteiger partial charge in [0.15, 0.2) is 5.60 Å². The minimum Gasteiger partial charge on any atom is -0.458 e. The fourth-order valence-electron chi connectivity index (χ4n) is 5.22. The Kier molecular flexibility index (Phi) is 5.08. The normalized spacial score (nSPS) is 18.9. The number of benzene rings is 1. The summed E-state index contributed by atoms with van der Waals surface area (Å²) in [6.45, 7) is 5.12. The number of aromatic nitrogens is 5. The number of hydrogen-bond donors (Lipinski definition) is 2. The van der Waals surface area contributed by atoms with E-state index in [1.807, 2.05) is 0 Å². The lowest BCUT2D eigenvalue weighted by atomic mass is 9.86. The lowest BCUT2D eigenvalue weighted by Gasteiger charge is -2.31. The highest BCUT2D eigenvalue weighted by molar-refractivity contribution is 5.89. The van der Waals surface area contributed by atoms with Gasteiger partial charge in [0.25, 0.3) is 5.56 Å². The lowest BCUT2D eigenvalue weighted by Crippen LogP contribution is -2.44. The van der Waals surface area contributed by atoms with E-state index in [9.17, 15) is 24.2 Å². The van der Waals surface area contributed by atoms with E-state index in [1.165, 1.54) is 6.07 Å². The van der Waals surface area contributed by atoms with Crippen molar-refractivity contribution in [3.8, 4) is 11.4 Å². The van der Waals surface area contributed by atoms with E-state index in [-0.39, 0.29) is 42.8 Å². The topological polar surface area (TPSA) is 132 Å². The van der Waals surface area contributed by atoms with Crippen LogP contribution < -0.4 is 5.56 Å². The molecular formula is C26H24FN5O5. The third kappa shape index (κ3) is 3.34. The maximum atomic E-state index is 14.6. The number of carbonyl (C=O) groups is 1. The summed E-state index contributed by atoms with van der Waals surface area (Å²) in [6.07, 6.45) is 0.881. The molecule has 0 fully saturated rings. The molecule has 1 unspecified atom stereocenters. The highest BCUT2D eigenvalue weighted by Gasteiger charge is 2.45. The molecule has 0 bridgehead atoms.